The zero-order valence-electron chi connectivity index (χ0n) is 39.4. The molecule has 8 rings (SSSR count). The molecule has 0 radical (unpaired) electrons. The fourth-order valence-electron chi connectivity index (χ4n) is 6.27. The van der Waals surface area contributed by atoms with Crippen LogP contribution in [-0.2, 0) is 84.2 Å². The first-order valence-corrected chi connectivity index (χ1v) is 28.4. The minimum absolute atomic E-state index is 0. The Balaban J connectivity index is 0.000000274. The quantitative estimate of drug-likeness (QED) is 0.0639. The van der Waals surface area contributed by atoms with Gasteiger partial charge in [0.05, 0.1) is 11.4 Å². The molecule has 0 fully saturated rings. The minimum Gasteiger partial charge on any atom is -0.779 e. The summed E-state index contributed by atoms with van der Waals surface area (Å²) in [5, 5.41) is 8.25. The molecular weight excluding hydrogens is 1250 g/mol. The van der Waals surface area contributed by atoms with Crippen molar-refractivity contribution in [3.63, 3.8) is 0 Å². The Hall–Kier alpha value is -4.60. The maximum absolute atomic E-state index is 11.5. The van der Waals surface area contributed by atoms with Crippen LogP contribution in [0.25, 0.3) is 0 Å². The van der Waals surface area contributed by atoms with Crippen LogP contribution in [-0.4, -0.2) is 24.7 Å². The Labute approximate surface area is 487 Å². The van der Waals surface area contributed by atoms with Crippen LogP contribution in [0, 0.1) is 0 Å². The van der Waals surface area contributed by atoms with Crippen molar-refractivity contribution in [2.45, 2.75) is 34.5 Å². The molecule has 0 aliphatic carbocycles. The first-order chi connectivity index (χ1) is 35.9. The monoisotopic (exact) mass is 1290 g/mol. The van der Waals surface area contributed by atoms with Crippen LogP contribution in [0.3, 0.4) is 0 Å². The SMILES string of the molecule is FC(F)(F)/C([S-])=C(/[S-])C(F)(F)F.FC(F)(F)/C([S-])=C(/[S-])C(F)(F)F.[Mo+4].[S-]c1ccccc1S[P+](c1ccccc1)(c1ccccc1)c1ccccc1.c1ccc(P(c2ccccc2)c2ccccc2)cc1.c1ccccc1. The van der Waals surface area contributed by atoms with Gasteiger partial charge in [-0.2, -0.15) is 57.6 Å². The summed E-state index contributed by atoms with van der Waals surface area (Å²) in [4.78, 5) is -6.74. The molecule has 77 heavy (non-hydrogen) atoms. The molecule has 400 valence electrons. The number of alkyl halides is 12. The van der Waals surface area contributed by atoms with Crippen LogP contribution >= 0.6 is 25.8 Å². The molecule has 8 aromatic carbocycles. The van der Waals surface area contributed by atoms with E-state index in [1.54, 1.807) is 0 Å². The summed E-state index contributed by atoms with van der Waals surface area (Å²) >= 11 is 21.5. The zero-order chi connectivity index (χ0) is 56.0. The van der Waals surface area contributed by atoms with E-state index < -0.39 is 58.7 Å². The van der Waals surface area contributed by atoms with E-state index in [-0.39, 0.29) is 21.1 Å². The maximum atomic E-state index is 11.5. The normalized spacial score (nSPS) is 12.1. The van der Waals surface area contributed by atoms with E-state index in [4.69, 9.17) is 12.6 Å². The van der Waals surface area contributed by atoms with Crippen LogP contribution in [0.2, 0.25) is 0 Å². The molecule has 0 saturated heterocycles. The van der Waals surface area contributed by atoms with Gasteiger partial charge in [-0.1, -0.05) is 200 Å². The molecular formula is C56H40F12MoP2S6. The number of halogens is 12. The van der Waals surface area contributed by atoms with Crippen molar-refractivity contribution < 1.29 is 73.8 Å². The van der Waals surface area contributed by atoms with Crippen LogP contribution in [0.1, 0.15) is 0 Å². The van der Waals surface area contributed by atoms with E-state index in [1.165, 1.54) is 31.8 Å². The fourth-order valence-corrected chi connectivity index (χ4v) is 16.5. The molecule has 0 aromatic heterocycles. The van der Waals surface area contributed by atoms with Gasteiger partial charge in [0.15, 0.2) is 6.46 Å². The number of rotatable bonds is 8. The van der Waals surface area contributed by atoms with Gasteiger partial charge in [0.25, 0.3) is 0 Å². The Bertz CT molecular complexity index is 2690. The summed E-state index contributed by atoms with van der Waals surface area (Å²) in [6.45, 7) is -1.95. The van der Waals surface area contributed by atoms with Crippen molar-refractivity contribution in [1.29, 1.82) is 0 Å². The van der Waals surface area contributed by atoms with E-state index in [1.807, 2.05) is 59.9 Å². The van der Waals surface area contributed by atoms with E-state index >= 15 is 0 Å². The molecule has 0 aliphatic rings. The number of allylic oxidation sites excluding steroid dienone is 4. The topological polar surface area (TPSA) is 0 Å². The van der Waals surface area contributed by atoms with E-state index in [9.17, 15) is 52.7 Å². The molecule has 0 amide bonds. The Morgan fingerprint density at radius 1 is 0.312 bits per heavy atom. The second-order valence-electron chi connectivity index (χ2n) is 15.0. The van der Waals surface area contributed by atoms with Crippen LogP contribution in [0.15, 0.2) is 272 Å². The van der Waals surface area contributed by atoms with E-state index in [2.05, 4.69) is 245 Å². The summed E-state index contributed by atoms with van der Waals surface area (Å²) in [6.07, 6.45) is -20.8. The van der Waals surface area contributed by atoms with Crippen LogP contribution in [0.4, 0.5) is 52.7 Å². The van der Waals surface area contributed by atoms with Crippen LogP contribution < -0.4 is 31.8 Å². The molecule has 21 heteroatoms. The van der Waals surface area contributed by atoms with Crippen molar-refractivity contribution in [3.05, 3.63) is 262 Å². The fraction of sp³-hybridized carbons (Fsp3) is 0.0714. The summed E-state index contributed by atoms with van der Waals surface area (Å²) < 4.78 is 138. The largest absolute Gasteiger partial charge is 4.00 e. The third-order valence-corrected chi connectivity index (χ3v) is 21.7. The Morgan fingerprint density at radius 2 is 0.506 bits per heavy atom. The number of benzene rings is 8. The van der Waals surface area contributed by atoms with E-state index in [0.29, 0.717) is 0 Å². The zero-order valence-corrected chi connectivity index (χ0v) is 48.1. The van der Waals surface area contributed by atoms with Gasteiger partial charge in [0.1, 0.15) is 15.9 Å². The third-order valence-electron chi connectivity index (χ3n) is 9.60. The molecule has 0 heterocycles. The number of hydrogen-bond donors (Lipinski definition) is 0. The average molecular weight is 1290 g/mol. The minimum atomic E-state index is -5.19. The van der Waals surface area contributed by atoms with Gasteiger partial charge in [-0.15, -0.1) is 19.6 Å². The van der Waals surface area contributed by atoms with Crippen molar-refractivity contribution in [3.8, 4) is 0 Å². The first kappa shape index (κ1) is 66.7. The van der Waals surface area contributed by atoms with Gasteiger partial charge < -0.3 is 63.1 Å². The Kier molecular flexibility index (Phi) is 27.6. The summed E-state index contributed by atoms with van der Waals surface area (Å²) in [6, 6.07) is 85.2. The van der Waals surface area contributed by atoms with Crippen molar-refractivity contribution >= 4 is 121 Å². The number of hydrogen-bond acceptors (Lipinski definition) is 6. The molecule has 0 aliphatic heterocycles. The van der Waals surface area contributed by atoms with Gasteiger partial charge in [0.2, 0.25) is 0 Å². The molecule has 0 bridgehead atoms. The van der Waals surface area contributed by atoms with Crippen LogP contribution in [0.5, 0.6) is 0 Å². The average Bonchev–Trinajstić information content (AvgIpc) is 3.42. The summed E-state index contributed by atoms with van der Waals surface area (Å²) in [5.74, 6) is 0. The van der Waals surface area contributed by atoms with Gasteiger partial charge in [0, 0.05) is 4.90 Å². The van der Waals surface area contributed by atoms with Gasteiger partial charge in [-0.25, -0.2) is 0 Å². The predicted molar refractivity (Wildman–Crippen MR) is 302 cm³/mol. The first-order valence-electron chi connectivity index (χ1n) is 21.8. The molecule has 0 N–H and O–H groups in total. The van der Waals surface area contributed by atoms with Crippen molar-refractivity contribution in [1.82, 2.24) is 0 Å². The molecule has 0 unspecified atom stereocenters. The molecule has 0 nitrogen and oxygen atoms in total. The molecule has 8 aromatic rings. The second kappa shape index (κ2) is 31.9. The van der Waals surface area contributed by atoms with Crippen molar-refractivity contribution in [2.75, 3.05) is 0 Å². The van der Waals surface area contributed by atoms with Gasteiger partial charge in [-0.3, -0.25) is 0 Å². The van der Waals surface area contributed by atoms with E-state index in [0.717, 1.165) is 9.79 Å². The Morgan fingerprint density at radius 3 is 0.727 bits per heavy atom. The molecule has 0 spiro atoms. The van der Waals surface area contributed by atoms with Gasteiger partial charge in [-0.05, 0) is 66.3 Å². The summed E-state index contributed by atoms with van der Waals surface area (Å²) in [7, 11) is -0.446. The third kappa shape index (κ3) is 21.2. The second-order valence-corrected chi connectivity index (χ2v) is 24.8. The predicted octanol–water partition coefficient (Wildman–Crippen LogP) is 15.6. The molecule has 0 atom stereocenters. The summed E-state index contributed by atoms with van der Waals surface area (Å²) in [5.41, 5.74) is 0. The van der Waals surface area contributed by atoms with Gasteiger partial charge >= 0.3 is 45.8 Å². The maximum Gasteiger partial charge on any atom is 4.00 e. The smallest absolute Gasteiger partial charge is 0.779 e. The van der Waals surface area contributed by atoms with Crippen molar-refractivity contribution in [2.24, 2.45) is 0 Å². The molecule has 0 saturated carbocycles. The standard InChI is InChI=1S/C24H19PS2.C18H15P.C6H6.2C4H2F6S2.Mo/c26-23-18-10-11-19-24(23)27-25(20-12-4-1-5-13-20,21-14-6-2-7-15-21)22-16-8-3-9-17-22;1-4-10-16(11-5-1)19(17-12-6-2-7-13-17)18-14-8-3-9-15-18;1-2-4-6-5-3-1;2*5-3(6,7)1(11)2(12)4(8,9)10;/h1-19H;1-15H;1-6H;2*11-12H;/q;;;;;+4/p-4/b;;;2*2-1-;.